The van der Waals surface area contributed by atoms with Crippen molar-refractivity contribution in [3.8, 4) is 0 Å². The summed E-state index contributed by atoms with van der Waals surface area (Å²) >= 11 is 1.66. The number of carbonyl (C=O) groups excluding carboxylic acids is 2. The van der Waals surface area contributed by atoms with E-state index in [4.69, 9.17) is 0 Å². The van der Waals surface area contributed by atoms with Crippen LogP contribution in [0.15, 0.2) is 29.2 Å². The van der Waals surface area contributed by atoms with Crippen molar-refractivity contribution in [3.63, 3.8) is 0 Å². The van der Waals surface area contributed by atoms with Crippen LogP contribution in [0.4, 0.5) is 0 Å². The summed E-state index contributed by atoms with van der Waals surface area (Å²) in [5, 5.41) is 0. The molecule has 0 aromatic heterocycles. The zero-order valence-corrected chi connectivity index (χ0v) is 10.1. The van der Waals surface area contributed by atoms with Gasteiger partial charge in [0.05, 0.1) is 5.92 Å². The molecule has 1 atom stereocenters. The maximum atomic E-state index is 11.8. The molecule has 2 rings (SSSR count). The fraction of sp³-hybridized carbons (Fsp3) is 0.333. The third-order valence-corrected chi connectivity index (χ3v) is 3.64. The molecule has 0 spiro atoms. The minimum Gasteiger partial charge on any atom is -0.285 e. The van der Waals surface area contributed by atoms with E-state index in [2.05, 4.69) is 0 Å². The van der Waals surface area contributed by atoms with Crippen molar-refractivity contribution in [2.45, 2.75) is 17.2 Å². The minimum absolute atomic E-state index is 0.0936. The van der Waals surface area contributed by atoms with Crippen LogP contribution in [0.1, 0.15) is 17.9 Å². The Morgan fingerprint density at radius 3 is 2.31 bits per heavy atom. The summed E-state index contributed by atoms with van der Waals surface area (Å²) in [6.45, 7) is 0. The topological polar surface area (TPSA) is 37.4 Å². The van der Waals surface area contributed by atoms with Crippen molar-refractivity contribution in [3.05, 3.63) is 29.8 Å². The number of nitrogens with zero attached hydrogens (tertiary/aromatic N) is 1. The quantitative estimate of drug-likeness (QED) is 0.580. The highest BCUT2D eigenvalue weighted by atomic mass is 32.2. The van der Waals surface area contributed by atoms with Crippen LogP contribution in [0.5, 0.6) is 0 Å². The standard InChI is InChI=1S/C12H13NO2S/c1-13-11(14)7-10(12(13)15)8-3-5-9(16-2)6-4-8/h3-6,10H,7H2,1-2H3. The van der Waals surface area contributed by atoms with E-state index < -0.39 is 0 Å². The second-order valence-electron chi connectivity index (χ2n) is 3.82. The summed E-state index contributed by atoms with van der Waals surface area (Å²) in [7, 11) is 1.54. The summed E-state index contributed by atoms with van der Waals surface area (Å²) in [4.78, 5) is 25.5. The largest absolute Gasteiger partial charge is 0.285 e. The van der Waals surface area contributed by atoms with Gasteiger partial charge in [-0.25, -0.2) is 0 Å². The van der Waals surface area contributed by atoms with Crippen molar-refractivity contribution in [1.29, 1.82) is 0 Å². The van der Waals surface area contributed by atoms with E-state index in [1.807, 2.05) is 30.5 Å². The number of carbonyl (C=O) groups is 2. The SMILES string of the molecule is CSc1ccc(C2CC(=O)N(C)C2=O)cc1. The molecule has 84 valence electrons. The van der Waals surface area contributed by atoms with Crippen molar-refractivity contribution < 1.29 is 9.59 Å². The van der Waals surface area contributed by atoms with Crippen LogP contribution in [-0.2, 0) is 9.59 Å². The molecule has 4 heteroatoms. The first kappa shape index (κ1) is 11.2. The zero-order chi connectivity index (χ0) is 11.7. The van der Waals surface area contributed by atoms with Gasteiger partial charge in [0, 0.05) is 18.4 Å². The van der Waals surface area contributed by atoms with Gasteiger partial charge in [0.2, 0.25) is 11.8 Å². The lowest BCUT2D eigenvalue weighted by Gasteiger charge is -2.09. The number of rotatable bonds is 2. The normalized spacial score (nSPS) is 20.6. The lowest BCUT2D eigenvalue weighted by molar-refractivity contribution is -0.137. The number of benzene rings is 1. The molecule has 0 aliphatic carbocycles. The second kappa shape index (κ2) is 4.29. The van der Waals surface area contributed by atoms with Gasteiger partial charge in [0.15, 0.2) is 0 Å². The van der Waals surface area contributed by atoms with Gasteiger partial charge < -0.3 is 0 Å². The number of amides is 2. The van der Waals surface area contributed by atoms with Crippen LogP contribution in [-0.4, -0.2) is 30.0 Å². The molecule has 2 amide bonds. The van der Waals surface area contributed by atoms with Crippen molar-refractivity contribution in [2.24, 2.45) is 0 Å². The molecule has 0 bridgehead atoms. The highest BCUT2D eigenvalue weighted by Gasteiger charge is 2.36. The zero-order valence-electron chi connectivity index (χ0n) is 9.27. The molecule has 16 heavy (non-hydrogen) atoms. The van der Waals surface area contributed by atoms with Crippen LogP contribution in [0.3, 0.4) is 0 Å². The summed E-state index contributed by atoms with van der Waals surface area (Å²) in [5.41, 5.74) is 0.931. The molecule has 0 radical (unpaired) electrons. The van der Waals surface area contributed by atoms with Gasteiger partial charge in [-0.3, -0.25) is 14.5 Å². The first-order valence-electron chi connectivity index (χ1n) is 5.08. The Labute approximate surface area is 98.8 Å². The molecule has 1 heterocycles. The molecule has 1 aromatic carbocycles. The Hall–Kier alpha value is -1.29. The lowest BCUT2D eigenvalue weighted by atomic mass is 9.98. The number of likely N-dealkylation sites (tertiary alicyclic amines) is 1. The van der Waals surface area contributed by atoms with Gasteiger partial charge in [-0.15, -0.1) is 11.8 Å². The third kappa shape index (κ3) is 1.85. The molecule has 0 N–H and O–H groups in total. The van der Waals surface area contributed by atoms with E-state index in [9.17, 15) is 9.59 Å². The van der Waals surface area contributed by atoms with E-state index in [0.29, 0.717) is 6.42 Å². The first-order valence-corrected chi connectivity index (χ1v) is 6.30. The summed E-state index contributed by atoms with van der Waals surface area (Å²) < 4.78 is 0. The number of hydrogen-bond acceptors (Lipinski definition) is 3. The lowest BCUT2D eigenvalue weighted by Crippen LogP contribution is -2.25. The van der Waals surface area contributed by atoms with Gasteiger partial charge in [0.1, 0.15) is 0 Å². The van der Waals surface area contributed by atoms with E-state index in [0.717, 1.165) is 10.5 Å². The molecule has 3 nitrogen and oxygen atoms in total. The Kier molecular flexibility index (Phi) is 3.01. The highest BCUT2D eigenvalue weighted by Crippen LogP contribution is 2.29. The maximum absolute atomic E-state index is 11.8. The van der Waals surface area contributed by atoms with E-state index in [-0.39, 0.29) is 17.7 Å². The van der Waals surface area contributed by atoms with E-state index in [1.54, 1.807) is 18.8 Å². The third-order valence-electron chi connectivity index (χ3n) is 2.90. The predicted molar refractivity (Wildman–Crippen MR) is 63.4 cm³/mol. The van der Waals surface area contributed by atoms with E-state index in [1.165, 1.54) is 4.90 Å². The van der Waals surface area contributed by atoms with Crippen LogP contribution in [0.2, 0.25) is 0 Å². The fourth-order valence-corrected chi connectivity index (χ4v) is 2.26. The Balaban J connectivity index is 2.25. The fourth-order valence-electron chi connectivity index (χ4n) is 1.85. The number of thioether (sulfide) groups is 1. The van der Waals surface area contributed by atoms with Crippen LogP contribution in [0.25, 0.3) is 0 Å². The molecular formula is C12H13NO2S. The van der Waals surface area contributed by atoms with Crippen molar-refractivity contribution in [1.82, 2.24) is 4.90 Å². The minimum atomic E-state index is -0.284. The van der Waals surface area contributed by atoms with Crippen molar-refractivity contribution >= 4 is 23.6 Å². The average molecular weight is 235 g/mol. The van der Waals surface area contributed by atoms with Gasteiger partial charge >= 0.3 is 0 Å². The first-order chi connectivity index (χ1) is 7.63. The van der Waals surface area contributed by atoms with Crippen LogP contribution >= 0.6 is 11.8 Å². The molecule has 1 aliphatic heterocycles. The summed E-state index contributed by atoms with van der Waals surface area (Å²) in [5.74, 6) is -0.473. The van der Waals surface area contributed by atoms with Crippen molar-refractivity contribution in [2.75, 3.05) is 13.3 Å². The van der Waals surface area contributed by atoms with Gasteiger partial charge in [-0.1, -0.05) is 12.1 Å². The Bertz CT molecular complexity index is 427. The summed E-state index contributed by atoms with van der Waals surface area (Å²) in [6, 6.07) is 7.83. The Morgan fingerprint density at radius 2 is 1.88 bits per heavy atom. The summed E-state index contributed by atoms with van der Waals surface area (Å²) in [6.07, 6.45) is 2.31. The second-order valence-corrected chi connectivity index (χ2v) is 4.70. The number of hydrogen-bond donors (Lipinski definition) is 0. The maximum Gasteiger partial charge on any atom is 0.236 e. The molecule has 0 saturated carbocycles. The Morgan fingerprint density at radius 1 is 1.25 bits per heavy atom. The molecule has 1 saturated heterocycles. The van der Waals surface area contributed by atoms with Crippen LogP contribution < -0.4 is 0 Å². The highest BCUT2D eigenvalue weighted by molar-refractivity contribution is 7.98. The molecule has 1 fully saturated rings. The smallest absolute Gasteiger partial charge is 0.236 e. The van der Waals surface area contributed by atoms with Gasteiger partial charge in [-0.2, -0.15) is 0 Å². The van der Waals surface area contributed by atoms with Gasteiger partial charge in [0.25, 0.3) is 0 Å². The van der Waals surface area contributed by atoms with Gasteiger partial charge in [-0.05, 0) is 24.0 Å². The van der Waals surface area contributed by atoms with E-state index >= 15 is 0 Å². The molecule has 1 aromatic rings. The number of imide groups is 1. The molecule has 1 unspecified atom stereocenters. The average Bonchev–Trinajstić information content (AvgIpc) is 2.57. The van der Waals surface area contributed by atoms with Crippen LogP contribution in [0, 0.1) is 0 Å². The number of likely N-dealkylation sites (N-methyl/N-ethyl adjacent to an activating group) is 1. The monoisotopic (exact) mass is 235 g/mol. The predicted octanol–water partition coefficient (Wildman–Crippen LogP) is 1.88. The molecule has 1 aliphatic rings. The molecular weight excluding hydrogens is 222 g/mol.